The fourth-order valence-electron chi connectivity index (χ4n) is 2.43. The first-order valence-corrected chi connectivity index (χ1v) is 7.60. The van der Waals surface area contributed by atoms with Crippen molar-refractivity contribution >= 4 is 5.78 Å². The number of carbonyl (C=O) groups excluding carboxylic acids is 1. The topological polar surface area (TPSA) is 32.8 Å². The molecule has 20 heavy (non-hydrogen) atoms. The van der Waals surface area contributed by atoms with Crippen LogP contribution in [0.1, 0.15) is 40.5 Å². The van der Waals surface area contributed by atoms with Crippen LogP contribution in [0.4, 0.5) is 0 Å². The average molecular weight is 286 g/mol. The SMILES string of the molecule is C.COCCCN1CCN(CCCC(=O)C(C)C)CC1. The van der Waals surface area contributed by atoms with Crippen molar-refractivity contribution in [2.45, 2.75) is 40.5 Å². The highest BCUT2D eigenvalue weighted by atomic mass is 16.5. The first kappa shape index (κ1) is 19.6. The van der Waals surface area contributed by atoms with Gasteiger partial charge in [-0.3, -0.25) is 4.79 Å². The molecule has 0 amide bonds. The van der Waals surface area contributed by atoms with Gasteiger partial charge in [0.25, 0.3) is 0 Å². The van der Waals surface area contributed by atoms with Crippen LogP contribution in [0.2, 0.25) is 0 Å². The van der Waals surface area contributed by atoms with Crippen molar-refractivity contribution in [1.29, 1.82) is 0 Å². The molecule has 0 unspecified atom stereocenters. The minimum atomic E-state index is 0. The van der Waals surface area contributed by atoms with Gasteiger partial charge in [-0.05, 0) is 19.4 Å². The fourth-order valence-corrected chi connectivity index (χ4v) is 2.43. The van der Waals surface area contributed by atoms with Gasteiger partial charge in [-0.2, -0.15) is 0 Å². The van der Waals surface area contributed by atoms with Gasteiger partial charge in [0.05, 0.1) is 0 Å². The van der Waals surface area contributed by atoms with E-state index >= 15 is 0 Å². The van der Waals surface area contributed by atoms with Gasteiger partial charge in [0.1, 0.15) is 5.78 Å². The second-order valence-electron chi connectivity index (χ2n) is 5.75. The van der Waals surface area contributed by atoms with Crippen molar-refractivity contribution in [3.63, 3.8) is 0 Å². The quantitative estimate of drug-likeness (QED) is 0.609. The number of ether oxygens (including phenoxy) is 1. The van der Waals surface area contributed by atoms with E-state index in [2.05, 4.69) is 9.80 Å². The molecule has 0 aromatic rings. The molecule has 0 aliphatic carbocycles. The monoisotopic (exact) mass is 286 g/mol. The molecule has 1 aliphatic heterocycles. The predicted octanol–water partition coefficient (Wildman–Crippen LogP) is 2.28. The van der Waals surface area contributed by atoms with Gasteiger partial charge >= 0.3 is 0 Å². The molecule has 0 radical (unpaired) electrons. The summed E-state index contributed by atoms with van der Waals surface area (Å²) < 4.78 is 5.08. The number of carbonyl (C=O) groups is 1. The number of rotatable bonds is 9. The molecule has 4 nitrogen and oxygen atoms in total. The van der Waals surface area contributed by atoms with Crippen molar-refractivity contribution in [3.05, 3.63) is 0 Å². The number of nitrogens with zero attached hydrogens (tertiary/aromatic N) is 2. The largest absolute Gasteiger partial charge is 0.385 e. The molecule has 0 aromatic carbocycles. The van der Waals surface area contributed by atoms with E-state index in [4.69, 9.17) is 4.74 Å². The summed E-state index contributed by atoms with van der Waals surface area (Å²) in [5, 5.41) is 0. The second-order valence-corrected chi connectivity index (χ2v) is 5.75. The molecule has 0 atom stereocenters. The summed E-state index contributed by atoms with van der Waals surface area (Å²) >= 11 is 0. The number of piperazine rings is 1. The highest BCUT2D eigenvalue weighted by molar-refractivity contribution is 5.80. The third kappa shape index (κ3) is 7.98. The lowest BCUT2D eigenvalue weighted by molar-refractivity contribution is -0.122. The van der Waals surface area contributed by atoms with Crippen LogP contribution in [0.15, 0.2) is 0 Å². The van der Waals surface area contributed by atoms with Gasteiger partial charge in [0, 0.05) is 58.8 Å². The van der Waals surface area contributed by atoms with Crippen molar-refractivity contribution < 1.29 is 9.53 Å². The zero-order valence-electron chi connectivity index (χ0n) is 12.9. The Hall–Kier alpha value is -0.450. The maximum Gasteiger partial charge on any atom is 0.135 e. The molecule has 1 fully saturated rings. The summed E-state index contributed by atoms with van der Waals surface area (Å²) in [6.07, 6.45) is 2.88. The number of hydrogen-bond donors (Lipinski definition) is 0. The summed E-state index contributed by atoms with van der Waals surface area (Å²) in [6.45, 7) is 11.6. The van der Waals surface area contributed by atoms with Crippen molar-refractivity contribution in [2.24, 2.45) is 5.92 Å². The third-order valence-electron chi connectivity index (χ3n) is 3.83. The third-order valence-corrected chi connectivity index (χ3v) is 3.83. The maximum absolute atomic E-state index is 11.5. The lowest BCUT2D eigenvalue weighted by atomic mass is 10.0. The van der Waals surface area contributed by atoms with Gasteiger partial charge < -0.3 is 14.5 Å². The highest BCUT2D eigenvalue weighted by Gasteiger charge is 2.16. The second kappa shape index (κ2) is 11.2. The van der Waals surface area contributed by atoms with E-state index in [1.807, 2.05) is 13.8 Å². The van der Waals surface area contributed by atoms with Crippen molar-refractivity contribution in [3.8, 4) is 0 Å². The van der Waals surface area contributed by atoms with Crippen LogP contribution in [-0.2, 0) is 9.53 Å². The first-order chi connectivity index (χ1) is 9.13. The number of ketones is 1. The van der Waals surface area contributed by atoms with Crippen LogP contribution in [0, 0.1) is 5.92 Å². The average Bonchev–Trinajstić information content (AvgIpc) is 2.40. The molecule has 1 aliphatic rings. The van der Waals surface area contributed by atoms with E-state index in [-0.39, 0.29) is 13.3 Å². The Morgan fingerprint density at radius 2 is 1.55 bits per heavy atom. The molecular formula is C16H34N2O2. The normalized spacial score (nSPS) is 17.2. The number of hydrogen-bond acceptors (Lipinski definition) is 4. The van der Waals surface area contributed by atoms with E-state index in [1.54, 1.807) is 7.11 Å². The summed E-state index contributed by atoms with van der Waals surface area (Å²) in [5.41, 5.74) is 0. The van der Waals surface area contributed by atoms with E-state index in [0.717, 1.165) is 65.1 Å². The summed E-state index contributed by atoms with van der Waals surface area (Å²) in [7, 11) is 1.76. The highest BCUT2D eigenvalue weighted by Crippen LogP contribution is 2.06. The van der Waals surface area contributed by atoms with Gasteiger partial charge in [0.2, 0.25) is 0 Å². The molecule has 4 heteroatoms. The van der Waals surface area contributed by atoms with E-state index in [0.29, 0.717) is 5.78 Å². The zero-order chi connectivity index (χ0) is 14.1. The van der Waals surface area contributed by atoms with Gasteiger partial charge in [-0.15, -0.1) is 0 Å². The molecule has 1 saturated heterocycles. The van der Waals surface area contributed by atoms with Crippen LogP contribution in [0.25, 0.3) is 0 Å². The Labute approximate surface area is 125 Å². The van der Waals surface area contributed by atoms with Crippen LogP contribution in [0.3, 0.4) is 0 Å². The first-order valence-electron chi connectivity index (χ1n) is 7.60. The van der Waals surface area contributed by atoms with E-state index in [1.165, 1.54) is 0 Å². The Bertz CT molecular complexity index is 249. The van der Waals surface area contributed by atoms with Gasteiger partial charge in [0.15, 0.2) is 0 Å². The maximum atomic E-state index is 11.5. The van der Waals surface area contributed by atoms with Gasteiger partial charge in [-0.1, -0.05) is 21.3 Å². The van der Waals surface area contributed by atoms with E-state index in [9.17, 15) is 4.79 Å². The minimum Gasteiger partial charge on any atom is -0.385 e. The minimum absolute atomic E-state index is 0. The fraction of sp³-hybridized carbons (Fsp3) is 0.938. The van der Waals surface area contributed by atoms with Crippen LogP contribution in [0.5, 0.6) is 0 Å². The molecular weight excluding hydrogens is 252 g/mol. The van der Waals surface area contributed by atoms with Crippen LogP contribution in [-0.4, -0.2) is 68.6 Å². The number of methoxy groups -OCH3 is 1. The summed E-state index contributed by atoms with van der Waals surface area (Å²) in [4.78, 5) is 16.5. The predicted molar refractivity (Wildman–Crippen MR) is 85.2 cm³/mol. The van der Waals surface area contributed by atoms with Crippen molar-refractivity contribution in [2.75, 3.05) is 53.0 Å². The van der Waals surface area contributed by atoms with E-state index < -0.39 is 0 Å². The van der Waals surface area contributed by atoms with Crippen LogP contribution >= 0.6 is 0 Å². The summed E-state index contributed by atoms with van der Waals surface area (Å²) in [5.74, 6) is 0.593. The molecule has 1 heterocycles. The smallest absolute Gasteiger partial charge is 0.135 e. The standard InChI is InChI=1S/C15H30N2O2.CH4/c1-14(2)15(18)6-4-7-16-9-11-17(12-10-16)8-5-13-19-3;/h14H,4-13H2,1-3H3;1H4. The number of Topliss-reactive ketones (excluding diaryl/α,β-unsaturated/α-hetero) is 1. The Kier molecular flexibility index (Phi) is 11.0. The molecule has 0 saturated carbocycles. The Morgan fingerprint density at radius 1 is 1.05 bits per heavy atom. The molecule has 0 aromatic heterocycles. The zero-order valence-corrected chi connectivity index (χ0v) is 12.9. The molecule has 0 N–H and O–H groups in total. The molecule has 120 valence electrons. The lowest BCUT2D eigenvalue weighted by Crippen LogP contribution is -2.46. The molecule has 1 rings (SSSR count). The summed E-state index contributed by atoms with van der Waals surface area (Å²) in [6, 6.07) is 0. The van der Waals surface area contributed by atoms with Crippen molar-refractivity contribution in [1.82, 2.24) is 9.80 Å². The molecule has 0 spiro atoms. The lowest BCUT2D eigenvalue weighted by Gasteiger charge is -2.34. The molecule has 0 bridgehead atoms. The van der Waals surface area contributed by atoms with Gasteiger partial charge in [-0.25, -0.2) is 0 Å². The van der Waals surface area contributed by atoms with Crippen LogP contribution < -0.4 is 0 Å². The Morgan fingerprint density at radius 3 is 2.00 bits per heavy atom. The Balaban J connectivity index is 0.00000361.